The summed E-state index contributed by atoms with van der Waals surface area (Å²) in [6.45, 7) is 1.40. The van der Waals surface area contributed by atoms with Crippen LogP contribution in [0, 0.1) is 5.82 Å². The number of nitrogens with zero attached hydrogens (tertiary/aromatic N) is 1. The molecule has 13 heteroatoms. The molecule has 0 heterocycles. The molecule has 2 N–H and O–H groups in total. The second kappa shape index (κ2) is 14.8. The van der Waals surface area contributed by atoms with Crippen LogP contribution >= 0.6 is 34.8 Å². The maximum atomic E-state index is 13.4. The van der Waals surface area contributed by atoms with Crippen LogP contribution < -0.4 is 14.8 Å². The van der Waals surface area contributed by atoms with Gasteiger partial charge in [0.25, 0.3) is 15.9 Å². The molecule has 1 unspecified atom stereocenters. The third-order valence-corrected chi connectivity index (χ3v) is 8.73. The monoisotopic (exact) mass is 677 g/mol. The first-order valence-corrected chi connectivity index (χ1v) is 15.8. The van der Waals surface area contributed by atoms with Gasteiger partial charge in [0.2, 0.25) is 5.91 Å². The van der Waals surface area contributed by atoms with E-state index in [0.29, 0.717) is 20.6 Å². The molecule has 44 heavy (non-hydrogen) atoms. The van der Waals surface area contributed by atoms with Crippen molar-refractivity contribution in [2.24, 2.45) is 0 Å². The molecule has 0 fully saturated rings. The predicted molar refractivity (Wildman–Crippen MR) is 169 cm³/mol. The molecule has 0 saturated heterocycles. The Morgan fingerprint density at radius 3 is 2.16 bits per heavy atom. The first-order chi connectivity index (χ1) is 20.9. The number of carbonyl (C=O) groups excluding carboxylic acids is 2. The number of nitrogens with one attached hydrogen (secondary N) is 2. The molecule has 0 bridgehead atoms. The lowest BCUT2D eigenvalue weighted by molar-refractivity contribution is -0.142. The quantitative estimate of drug-likeness (QED) is 0.174. The van der Waals surface area contributed by atoms with E-state index in [1.165, 1.54) is 41.3 Å². The predicted octanol–water partition coefficient (Wildman–Crippen LogP) is 6.70. The van der Waals surface area contributed by atoms with Gasteiger partial charge in [0.15, 0.2) is 6.61 Å². The Labute approximate surface area is 269 Å². The number of hydrogen-bond acceptors (Lipinski definition) is 5. The van der Waals surface area contributed by atoms with Crippen molar-refractivity contribution in [2.75, 3.05) is 11.3 Å². The van der Waals surface area contributed by atoms with Gasteiger partial charge in [-0.25, -0.2) is 12.8 Å². The normalized spacial score (nSPS) is 11.8. The SMILES string of the molecule is CC(C(=O)NCc1ccc(Cl)cc1Cl)N(Cc1ccc(Cl)cc1)C(=O)COc1ccc(S(=O)(=O)Nc2ccc(F)cc2)cc1. The zero-order chi connectivity index (χ0) is 31.9. The number of rotatable bonds is 12. The molecule has 230 valence electrons. The minimum atomic E-state index is -3.95. The van der Waals surface area contributed by atoms with Gasteiger partial charge >= 0.3 is 0 Å². The Morgan fingerprint density at radius 1 is 0.886 bits per heavy atom. The van der Waals surface area contributed by atoms with Crippen molar-refractivity contribution in [3.8, 4) is 5.75 Å². The molecule has 4 aromatic rings. The van der Waals surface area contributed by atoms with Crippen LogP contribution in [0.5, 0.6) is 5.75 Å². The van der Waals surface area contributed by atoms with Crippen LogP contribution in [0.1, 0.15) is 18.1 Å². The van der Waals surface area contributed by atoms with E-state index >= 15 is 0 Å². The summed E-state index contributed by atoms with van der Waals surface area (Å²) in [5.74, 6) is -1.16. The maximum absolute atomic E-state index is 13.4. The molecule has 0 saturated carbocycles. The van der Waals surface area contributed by atoms with Crippen molar-refractivity contribution in [3.63, 3.8) is 0 Å². The molecule has 4 rings (SSSR count). The molecule has 1 atom stereocenters. The number of carbonyl (C=O) groups is 2. The van der Waals surface area contributed by atoms with Crippen molar-refractivity contribution < 1.29 is 27.1 Å². The van der Waals surface area contributed by atoms with Crippen LogP contribution in [-0.2, 0) is 32.7 Å². The lowest BCUT2D eigenvalue weighted by Gasteiger charge is -2.29. The minimum Gasteiger partial charge on any atom is -0.484 e. The van der Waals surface area contributed by atoms with E-state index in [1.54, 1.807) is 49.4 Å². The first-order valence-electron chi connectivity index (χ1n) is 13.2. The van der Waals surface area contributed by atoms with Gasteiger partial charge in [-0.05, 0) is 90.8 Å². The van der Waals surface area contributed by atoms with Crippen LogP contribution in [0.3, 0.4) is 0 Å². The summed E-state index contributed by atoms with van der Waals surface area (Å²) in [5, 5.41) is 4.20. The van der Waals surface area contributed by atoms with E-state index in [0.717, 1.165) is 17.7 Å². The van der Waals surface area contributed by atoms with Crippen LogP contribution in [0.4, 0.5) is 10.1 Å². The van der Waals surface area contributed by atoms with Crippen molar-refractivity contribution in [1.29, 1.82) is 0 Å². The van der Waals surface area contributed by atoms with Gasteiger partial charge in [-0.1, -0.05) is 53.0 Å². The van der Waals surface area contributed by atoms with E-state index in [9.17, 15) is 22.4 Å². The molecule has 0 radical (unpaired) electrons. The molecule has 4 aromatic carbocycles. The summed E-state index contributed by atoms with van der Waals surface area (Å²) in [7, 11) is -3.95. The molecular formula is C31H27Cl3FN3O5S. The van der Waals surface area contributed by atoms with Crippen molar-refractivity contribution in [2.45, 2.75) is 31.0 Å². The molecule has 8 nitrogen and oxygen atoms in total. The fraction of sp³-hybridized carbons (Fsp3) is 0.161. The number of hydrogen-bond donors (Lipinski definition) is 2. The van der Waals surface area contributed by atoms with Crippen molar-refractivity contribution in [1.82, 2.24) is 10.2 Å². The van der Waals surface area contributed by atoms with Crippen LogP contribution in [-0.4, -0.2) is 37.8 Å². The average molecular weight is 679 g/mol. The smallest absolute Gasteiger partial charge is 0.261 e. The van der Waals surface area contributed by atoms with Crippen molar-refractivity contribution >= 4 is 62.3 Å². The highest BCUT2D eigenvalue weighted by molar-refractivity contribution is 7.92. The van der Waals surface area contributed by atoms with Gasteiger partial charge in [0.05, 0.1) is 4.90 Å². The topological polar surface area (TPSA) is 105 Å². The van der Waals surface area contributed by atoms with E-state index < -0.39 is 40.3 Å². The Balaban J connectivity index is 1.42. The molecule has 0 spiro atoms. The second-order valence-electron chi connectivity index (χ2n) is 9.65. The zero-order valence-electron chi connectivity index (χ0n) is 23.3. The van der Waals surface area contributed by atoms with E-state index in [1.807, 2.05) is 0 Å². The van der Waals surface area contributed by atoms with Gasteiger partial charge < -0.3 is 15.0 Å². The summed E-state index contributed by atoms with van der Waals surface area (Å²) >= 11 is 18.2. The summed E-state index contributed by atoms with van der Waals surface area (Å²) < 4.78 is 46.6. The number of halogens is 4. The van der Waals surface area contributed by atoms with Crippen LogP contribution in [0.2, 0.25) is 15.1 Å². The Bertz CT molecular complexity index is 1720. The lowest BCUT2D eigenvalue weighted by Crippen LogP contribution is -2.48. The molecule has 0 aliphatic rings. The number of anilines is 1. The van der Waals surface area contributed by atoms with Gasteiger partial charge in [-0.15, -0.1) is 0 Å². The zero-order valence-corrected chi connectivity index (χ0v) is 26.4. The Hall–Kier alpha value is -3.83. The average Bonchev–Trinajstić information content (AvgIpc) is 3.00. The largest absolute Gasteiger partial charge is 0.484 e. The lowest BCUT2D eigenvalue weighted by atomic mass is 10.1. The standard InChI is InChI=1S/C31H27Cl3FN3O5S/c1-20(31(40)36-17-22-4-7-24(33)16-29(22)34)38(18-21-2-5-23(32)6-3-21)30(39)19-43-27-12-14-28(15-13-27)44(41,42)37-26-10-8-25(35)9-11-26/h2-16,20,37H,17-19H2,1H3,(H,36,40). The highest BCUT2D eigenvalue weighted by atomic mass is 35.5. The fourth-order valence-electron chi connectivity index (χ4n) is 4.04. The van der Waals surface area contributed by atoms with Crippen molar-refractivity contribution in [3.05, 3.63) is 123 Å². The summed E-state index contributed by atoms with van der Waals surface area (Å²) in [6.07, 6.45) is 0. The Kier molecular flexibility index (Phi) is 11.1. The van der Waals surface area contributed by atoms with Crippen LogP contribution in [0.15, 0.2) is 95.9 Å². The van der Waals surface area contributed by atoms with Gasteiger partial charge in [-0.2, -0.15) is 0 Å². The molecule has 0 aliphatic carbocycles. The highest BCUT2D eigenvalue weighted by Gasteiger charge is 2.27. The number of sulfonamides is 1. The molecular weight excluding hydrogens is 652 g/mol. The van der Waals surface area contributed by atoms with Crippen LogP contribution in [0.25, 0.3) is 0 Å². The second-order valence-corrected chi connectivity index (χ2v) is 12.6. The van der Waals surface area contributed by atoms with Gasteiger partial charge in [0.1, 0.15) is 17.6 Å². The van der Waals surface area contributed by atoms with Gasteiger partial charge in [0, 0.05) is 33.8 Å². The number of amides is 2. The minimum absolute atomic E-state index is 0.0593. The highest BCUT2D eigenvalue weighted by Crippen LogP contribution is 2.22. The molecule has 0 aliphatic heterocycles. The third-order valence-electron chi connectivity index (χ3n) is 6.49. The summed E-state index contributed by atoms with van der Waals surface area (Å²) in [4.78, 5) is 27.8. The Morgan fingerprint density at radius 2 is 1.52 bits per heavy atom. The molecule has 2 amide bonds. The van der Waals surface area contributed by atoms with E-state index in [-0.39, 0.29) is 29.4 Å². The number of benzene rings is 4. The summed E-state index contributed by atoms with van der Waals surface area (Å²) in [5.41, 5.74) is 1.60. The van der Waals surface area contributed by atoms with E-state index in [2.05, 4.69) is 10.0 Å². The van der Waals surface area contributed by atoms with Gasteiger partial charge in [-0.3, -0.25) is 14.3 Å². The first kappa shape index (κ1) is 33.1. The maximum Gasteiger partial charge on any atom is 0.261 e. The number of ether oxygens (including phenoxy) is 1. The summed E-state index contributed by atoms with van der Waals surface area (Å²) in [6, 6.07) is 21.3. The third kappa shape index (κ3) is 9.09. The molecule has 0 aromatic heterocycles. The van der Waals surface area contributed by atoms with E-state index in [4.69, 9.17) is 39.5 Å². The fourth-order valence-corrected chi connectivity index (χ4v) is 5.70.